The Balaban J connectivity index is 0.000000195. The van der Waals surface area contributed by atoms with Crippen LogP contribution in [-0.4, -0.2) is 65.7 Å². The molecule has 10 nitrogen and oxygen atoms in total. The van der Waals surface area contributed by atoms with E-state index in [1.807, 2.05) is 9.80 Å². The molecule has 0 aliphatic carbocycles. The maximum atomic E-state index is 12.0. The second-order valence-corrected chi connectivity index (χ2v) is 8.57. The van der Waals surface area contributed by atoms with E-state index in [0.717, 1.165) is 18.7 Å². The highest BCUT2D eigenvalue weighted by molar-refractivity contribution is 6.28. The lowest BCUT2D eigenvalue weighted by molar-refractivity contribution is 0.0600. The van der Waals surface area contributed by atoms with E-state index in [1.165, 1.54) is 31.4 Å². The number of esters is 1. The fourth-order valence-electron chi connectivity index (χ4n) is 3.81. The summed E-state index contributed by atoms with van der Waals surface area (Å²) in [6.45, 7) is 5.35. The molecule has 0 unspecified atom stereocenters. The highest BCUT2D eigenvalue weighted by Gasteiger charge is 2.16. The zero-order chi connectivity index (χ0) is 26.2. The van der Waals surface area contributed by atoms with Gasteiger partial charge in [0.2, 0.25) is 5.88 Å². The summed E-state index contributed by atoms with van der Waals surface area (Å²) >= 11 is 5.64. The first-order valence-electron chi connectivity index (χ1n) is 11.7. The second kappa shape index (κ2) is 12.6. The van der Waals surface area contributed by atoms with Gasteiger partial charge in [-0.15, -0.1) is 0 Å². The molecule has 2 fully saturated rings. The highest BCUT2D eigenvalue weighted by Crippen LogP contribution is 2.24. The molecule has 2 aliphatic rings. The van der Waals surface area contributed by atoms with E-state index >= 15 is 0 Å². The fraction of sp³-hybridized carbons (Fsp3) is 0.346. The Morgan fingerprint density at radius 3 is 1.81 bits per heavy atom. The molecule has 5 rings (SSSR count). The first kappa shape index (κ1) is 26.5. The Bertz CT molecular complexity index is 1310. The molecule has 0 bridgehead atoms. The van der Waals surface area contributed by atoms with Crippen molar-refractivity contribution in [3.05, 3.63) is 79.8 Å². The van der Waals surface area contributed by atoms with Crippen molar-refractivity contribution in [1.82, 2.24) is 0 Å². The summed E-state index contributed by atoms with van der Waals surface area (Å²) in [6.07, 6.45) is 0. The van der Waals surface area contributed by atoms with E-state index in [-0.39, 0.29) is 16.1 Å². The Kier molecular flexibility index (Phi) is 8.99. The van der Waals surface area contributed by atoms with Crippen LogP contribution >= 0.6 is 11.6 Å². The first-order valence-corrected chi connectivity index (χ1v) is 12.1. The number of carbonyl (C=O) groups is 1. The van der Waals surface area contributed by atoms with Gasteiger partial charge in [-0.3, -0.25) is 9.59 Å². The quantitative estimate of drug-likeness (QED) is 0.466. The number of methoxy groups -OCH3 is 1. The lowest BCUT2D eigenvalue weighted by atomic mass is 10.1. The molecule has 11 heteroatoms. The standard InChI is InChI=1S/C17H17NO5.C9H10ClNO3/c1-21-17(20)13-4-2-12(3-5-13)15-10-14(19)11-16(23-15)18-6-8-22-9-7-18;10-8-5-7(12)6-9(14-8)11-1-3-13-4-2-11/h2-5,10-11H,6-9H2,1H3;5-6H,1-4H2. The normalized spacial score (nSPS) is 15.5. The summed E-state index contributed by atoms with van der Waals surface area (Å²) in [5.41, 5.74) is 0.917. The van der Waals surface area contributed by atoms with Gasteiger partial charge in [0.25, 0.3) is 0 Å². The molecule has 0 atom stereocenters. The lowest BCUT2D eigenvalue weighted by Gasteiger charge is -2.27. The first-order chi connectivity index (χ1) is 17.9. The summed E-state index contributed by atoms with van der Waals surface area (Å²) in [7, 11) is 1.33. The number of nitrogens with zero attached hydrogens (tertiary/aromatic N) is 2. The average molecular weight is 531 g/mol. The summed E-state index contributed by atoms with van der Waals surface area (Å²) in [5.74, 6) is 1.12. The molecule has 3 aromatic rings. The monoisotopic (exact) mass is 530 g/mol. The SMILES string of the molecule is COC(=O)c1ccc(-c2cc(=O)cc(N3CCOCC3)o2)cc1.O=c1cc(Cl)oc(N2CCOCC2)c1. The van der Waals surface area contributed by atoms with Crippen LogP contribution in [0.3, 0.4) is 0 Å². The van der Waals surface area contributed by atoms with Gasteiger partial charge >= 0.3 is 5.97 Å². The molecular formula is C26H27ClN2O8. The predicted molar refractivity (Wildman–Crippen MR) is 138 cm³/mol. The molecule has 196 valence electrons. The minimum atomic E-state index is -0.403. The van der Waals surface area contributed by atoms with Crippen molar-refractivity contribution in [2.75, 3.05) is 69.5 Å². The largest absolute Gasteiger partial charge is 0.465 e. The van der Waals surface area contributed by atoms with Crippen LogP contribution in [-0.2, 0) is 14.2 Å². The fourth-order valence-corrected chi connectivity index (χ4v) is 3.99. The third-order valence-electron chi connectivity index (χ3n) is 5.71. The van der Waals surface area contributed by atoms with Crippen LogP contribution in [0.5, 0.6) is 0 Å². The van der Waals surface area contributed by atoms with Gasteiger partial charge in [-0.05, 0) is 23.7 Å². The van der Waals surface area contributed by atoms with Gasteiger partial charge in [-0.2, -0.15) is 0 Å². The number of morpholine rings is 2. The third-order valence-corrected chi connectivity index (χ3v) is 5.90. The molecular weight excluding hydrogens is 504 g/mol. The van der Waals surface area contributed by atoms with Gasteiger partial charge in [0, 0.05) is 56.0 Å². The molecule has 0 saturated carbocycles. The van der Waals surface area contributed by atoms with Gasteiger partial charge in [0.15, 0.2) is 22.0 Å². The van der Waals surface area contributed by atoms with E-state index in [1.54, 1.807) is 24.3 Å². The van der Waals surface area contributed by atoms with Crippen molar-refractivity contribution >= 4 is 29.3 Å². The number of hydrogen-bond donors (Lipinski definition) is 0. The second-order valence-electron chi connectivity index (χ2n) is 8.20. The molecule has 0 N–H and O–H groups in total. The summed E-state index contributed by atoms with van der Waals surface area (Å²) in [4.78, 5) is 38.5. The van der Waals surface area contributed by atoms with Gasteiger partial charge in [0.05, 0.1) is 39.1 Å². The predicted octanol–water partition coefficient (Wildman–Crippen LogP) is 3.06. The van der Waals surface area contributed by atoms with Crippen molar-refractivity contribution < 1.29 is 27.8 Å². The maximum Gasteiger partial charge on any atom is 0.337 e. The van der Waals surface area contributed by atoms with Crippen LogP contribution in [0.25, 0.3) is 11.3 Å². The smallest absolute Gasteiger partial charge is 0.337 e. The molecule has 2 aromatic heterocycles. The summed E-state index contributed by atoms with van der Waals surface area (Å²) in [5, 5.41) is 0.124. The lowest BCUT2D eigenvalue weighted by Crippen LogP contribution is -2.36. The van der Waals surface area contributed by atoms with E-state index in [4.69, 9.17) is 29.9 Å². The third kappa shape index (κ3) is 7.22. The Hall–Kier alpha value is -3.60. The molecule has 0 spiro atoms. The van der Waals surface area contributed by atoms with Gasteiger partial charge < -0.3 is 32.8 Å². The van der Waals surface area contributed by atoms with Gasteiger partial charge in [-0.25, -0.2) is 4.79 Å². The van der Waals surface area contributed by atoms with Crippen molar-refractivity contribution in [1.29, 1.82) is 0 Å². The highest BCUT2D eigenvalue weighted by atomic mass is 35.5. The zero-order valence-corrected chi connectivity index (χ0v) is 21.1. The Morgan fingerprint density at radius 1 is 0.784 bits per heavy atom. The summed E-state index contributed by atoms with van der Waals surface area (Å²) < 4.78 is 26.3. The molecule has 37 heavy (non-hydrogen) atoms. The summed E-state index contributed by atoms with van der Waals surface area (Å²) in [6, 6.07) is 12.4. The molecule has 2 aliphatic heterocycles. The van der Waals surface area contributed by atoms with Crippen molar-refractivity contribution in [3.63, 3.8) is 0 Å². The minimum absolute atomic E-state index is 0.121. The van der Waals surface area contributed by atoms with Crippen LogP contribution < -0.4 is 20.7 Å². The average Bonchev–Trinajstić information content (AvgIpc) is 2.93. The number of anilines is 2. The van der Waals surface area contributed by atoms with E-state index in [9.17, 15) is 14.4 Å². The Labute approximate surface area is 217 Å². The Morgan fingerprint density at radius 2 is 1.30 bits per heavy atom. The van der Waals surface area contributed by atoms with Crippen LogP contribution in [0, 0.1) is 0 Å². The van der Waals surface area contributed by atoms with E-state index in [2.05, 4.69) is 4.74 Å². The van der Waals surface area contributed by atoms with E-state index < -0.39 is 5.97 Å². The van der Waals surface area contributed by atoms with E-state index in [0.29, 0.717) is 62.6 Å². The van der Waals surface area contributed by atoms with Crippen molar-refractivity contribution in [2.45, 2.75) is 0 Å². The molecule has 2 saturated heterocycles. The van der Waals surface area contributed by atoms with Crippen molar-refractivity contribution in [2.24, 2.45) is 0 Å². The molecule has 0 amide bonds. The molecule has 1 aromatic carbocycles. The van der Waals surface area contributed by atoms with Crippen LogP contribution in [0.15, 0.2) is 67.0 Å². The van der Waals surface area contributed by atoms with Crippen LogP contribution in [0.4, 0.5) is 11.8 Å². The molecule has 0 radical (unpaired) electrons. The number of ether oxygens (including phenoxy) is 3. The van der Waals surface area contributed by atoms with Crippen molar-refractivity contribution in [3.8, 4) is 11.3 Å². The maximum absolute atomic E-state index is 12.0. The van der Waals surface area contributed by atoms with Crippen LogP contribution in [0.2, 0.25) is 5.22 Å². The van der Waals surface area contributed by atoms with Gasteiger partial charge in [0.1, 0.15) is 5.76 Å². The number of halogens is 1. The minimum Gasteiger partial charge on any atom is -0.465 e. The van der Waals surface area contributed by atoms with Crippen LogP contribution in [0.1, 0.15) is 10.4 Å². The van der Waals surface area contributed by atoms with Gasteiger partial charge in [-0.1, -0.05) is 12.1 Å². The number of benzene rings is 1. The number of carbonyl (C=O) groups excluding carboxylic acids is 1. The topological polar surface area (TPSA) is 112 Å². The zero-order valence-electron chi connectivity index (χ0n) is 20.3. The number of hydrogen-bond acceptors (Lipinski definition) is 10. The molecule has 4 heterocycles. The number of rotatable bonds is 4.